The third-order valence-corrected chi connectivity index (χ3v) is 6.10. The zero-order chi connectivity index (χ0) is 20.5. The number of hydrogen-bond acceptors (Lipinski definition) is 8. The van der Waals surface area contributed by atoms with Gasteiger partial charge in [0.2, 0.25) is 5.89 Å². The van der Waals surface area contributed by atoms with Crippen LogP contribution in [0, 0.1) is 0 Å². The van der Waals surface area contributed by atoms with Gasteiger partial charge in [0.05, 0.1) is 12.1 Å². The Morgan fingerprint density at radius 2 is 1.77 bits per heavy atom. The molecule has 0 radical (unpaired) electrons. The van der Waals surface area contributed by atoms with Crippen LogP contribution in [0.15, 0.2) is 29.0 Å². The van der Waals surface area contributed by atoms with Gasteiger partial charge in [0.1, 0.15) is 12.1 Å². The van der Waals surface area contributed by atoms with Crippen molar-refractivity contribution in [2.75, 3.05) is 49.1 Å². The molecular weight excluding hydrogens is 378 g/mol. The van der Waals surface area contributed by atoms with Crippen LogP contribution >= 0.6 is 0 Å². The van der Waals surface area contributed by atoms with Crippen molar-refractivity contribution in [3.63, 3.8) is 0 Å². The fraction of sp³-hybridized carbons (Fsp3) is 0.545. The summed E-state index contributed by atoms with van der Waals surface area (Å²) < 4.78 is 5.42. The number of aromatic nitrogens is 4. The smallest absolute Gasteiger partial charge is 0.240 e. The van der Waals surface area contributed by atoms with E-state index < -0.39 is 0 Å². The van der Waals surface area contributed by atoms with Crippen molar-refractivity contribution < 1.29 is 4.52 Å². The zero-order valence-corrected chi connectivity index (χ0v) is 17.8. The first-order chi connectivity index (χ1) is 14.7. The van der Waals surface area contributed by atoms with E-state index in [1.807, 2.05) is 0 Å². The molecule has 1 aromatic carbocycles. The van der Waals surface area contributed by atoms with E-state index in [0.29, 0.717) is 11.8 Å². The van der Waals surface area contributed by atoms with E-state index in [2.05, 4.69) is 66.9 Å². The molecule has 0 spiro atoms. The lowest BCUT2D eigenvalue weighted by Gasteiger charge is -2.35. The summed E-state index contributed by atoms with van der Waals surface area (Å²) in [6.07, 6.45) is 4.17. The molecule has 0 aliphatic carbocycles. The van der Waals surface area contributed by atoms with Gasteiger partial charge in [-0.2, -0.15) is 4.98 Å². The summed E-state index contributed by atoms with van der Waals surface area (Å²) in [5, 5.41) is 5.23. The molecule has 158 valence electrons. The second-order valence-corrected chi connectivity index (χ2v) is 8.56. The van der Waals surface area contributed by atoms with Gasteiger partial charge in [-0.05, 0) is 31.0 Å². The predicted octanol–water partition coefficient (Wildman–Crippen LogP) is 3.06. The molecule has 8 heteroatoms. The van der Waals surface area contributed by atoms with E-state index >= 15 is 0 Å². The highest BCUT2D eigenvalue weighted by Crippen LogP contribution is 2.30. The van der Waals surface area contributed by atoms with Gasteiger partial charge in [-0.15, -0.1) is 0 Å². The number of rotatable bonds is 5. The van der Waals surface area contributed by atoms with Crippen molar-refractivity contribution in [3.8, 4) is 0 Å². The van der Waals surface area contributed by atoms with Crippen LogP contribution in [-0.4, -0.2) is 64.3 Å². The molecule has 2 fully saturated rings. The van der Waals surface area contributed by atoms with Crippen LogP contribution in [0.2, 0.25) is 0 Å². The van der Waals surface area contributed by atoms with E-state index in [-0.39, 0.29) is 0 Å². The Morgan fingerprint density at radius 3 is 2.50 bits per heavy atom. The van der Waals surface area contributed by atoms with E-state index in [0.717, 1.165) is 68.4 Å². The maximum atomic E-state index is 5.42. The zero-order valence-electron chi connectivity index (χ0n) is 17.8. The molecule has 0 saturated carbocycles. The summed E-state index contributed by atoms with van der Waals surface area (Å²) in [6, 6.07) is 6.58. The number of fused-ring (bicyclic) bond motifs is 1. The monoisotopic (exact) mass is 407 g/mol. The number of piperazine rings is 1. The molecule has 30 heavy (non-hydrogen) atoms. The molecule has 0 amide bonds. The molecule has 0 unspecified atom stereocenters. The van der Waals surface area contributed by atoms with Crippen LogP contribution in [0.3, 0.4) is 0 Å². The first-order valence-corrected chi connectivity index (χ1v) is 11.0. The Bertz CT molecular complexity index is 1000. The summed E-state index contributed by atoms with van der Waals surface area (Å²) in [6.45, 7) is 11.0. The summed E-state index contributed by atoms with van der Waals surface area (Å²) in [4.78, 5) is 20.8. The van der Waals surface area contributed by atoms with E-state index in [1.54, 1.807) is 6.33 Å². The molecular formula is C22H29N7O. The van der Waals surface area contributed by atoms with Crippen molar-refractivity contribution in [2.45, 2.75) is 39.2 Å². The first-order valence-electron chi connectivity index (χ1n) is 11.0. The lowest BCUT2D eigenvalue weighted by molar-refractivity contribution is 0.215. The van der Waals surface area contributed by atoms with Gasteiger partial charge in [-0.3, -0.25) is 4.90 Å². The molecule has 2 aromatic heterocycles. The minimum atomic E-state index is 0.293. The summed E-state index contributed by atoms with van der Waals surface area (Å²) in [7, 11) is 0. The molecule has 0 N–H and O–H groups in total. The molecule has 0 bridgehead atoms. The summed E-state index contributed by atoms with van der Waals surface area (Å²) in [5.41, 5.74) is 2.27. The fourth-order valence-corrected chi connectivity index (χ4v) is 4.33. The normalized spacial score (nSPS) is 18.1. The minimum absolute atomic E-state index is 0.293. The standard InChI is InChI=1S/C22H29N7O/c1-16(2)21-25-20(30-26-21)14-27-9-11-28(12-10-27)17-5-6-19-18(13-17)22(24-15-23-19)29-7-3-4-8-29/h5-6,13,15-16H,3-4,7-12,14H2,1-2H3. The van der Waals surface area contributed by atoms with Crippen molar-refractivity contribution in [1.29, 1.82) is 0 Å². The highest BCUT2D eigenvalue weighted by molar-refractivity contribution is 5.92. The van der Waals surface area contributed by atoms with Crippen LogP contribution in [0.5, 0.6) is 0 Å². The Kier molecular flexibility index (Phi) is 5.25. The Labute approximate surface area is 176 Å². The highest BCUT2D eigenvalue weighted by Gasteiger charge is 2.22. The molecule has 2 aliphatic heterocycles. The third-order valence-electron chi connectivity index (χ3n) is 6.10. The predicted molar refractivity (Wildman–Crippen MR) is 117 cm³/mol. The highest BCUT2D eigenvalue weighted by atomic mass is 16.5. The largest absolute Gasteiger partial charge is 0.369 e. The molecule has 3 aromatic rings. The van der Waals surface area contributed by atoms with Crippen LogP contribution < -0.4 is 9.80 Å². The van der Waals surface area contributed by atoms with Gasteiger partial charge in [-0.1, -0.05) is 19.0 Å². The molecule has 8 nitrogen and oxygen atoms in total. The van der Waals surface area contributed by atoms with Crippen LogP contribution in [0.25, 0.3) is 10.9 Å². The van der Waals surface area contributed by atoms with Crippen LogP contribution in [0.1, 0.15) is 44.3 Å². The Balaban J connectivity index is 1.28. The van der Waals surface area contributed by atoms with Gasteiger partial charge < -0.3 is 14.3 Å². The SMILES string of the molecule is CC(C)c1noc(CN2CCN(c3ccc4ncnc(N5CCCC5)c4c3)CC2)n1. The van der Waals surface area contributed by atoms with Gasteiger partial charge in [0, 0.05) is 56.3 Å². The second-order valence-electron chi connectivity index (χ2n) is 8.56. The first kappa shape index (κ1) is 19.2. The Hall–Kier alpha value is -2.74. The topological polar surface area (TPSA) is 74.4 Å². The average Bonchev–Trinajstić information content (AvgIpc) is 3.46. The van der Waals surface area contributed by atoms with Gasteiger partial charge >= 0.3 is 0 Å². The quantitative estimate of drug-likeness (QED) is 0.639. The maximum absolute atomic E-state index is 5.42. The molecule has 2 saturated heterocycles. The van der Waals surface area contributed by atoms with E-state index in [9.17, 15) is 0 Å². The fourth-order valence-electron chi connectivity index (χ4n) is 4.33. The number of benzene rings is 1. The van der Waals surface area contributed by atoms with Crippen LogP contribution in [0.4, 0.5) is 11.5 Å². The summed E-state index contributed by atoms with van der Waals surface area (Å²) in [5.74, 6) is 2.87. The lowest BCUT2D eigenvalue weighted by Crippen LogP contribution is -2.46. The summed E-state index contributed by atoms with van der Waals surface area (Å²) >= 11 is 0. The van der Waals surface area contributed by atoms with Crippen molar-refractivity contribution >= 4 is 22.4 Å². The van der Waals surface area contributed by atoms with Gasteiger partial charge in [0.15, 0.2) is 5.82 Å². The average molecular weight is 408 g/mol. The molecule has 5 rings (SSSR count). The maximum Gasteiger partial charge on any atom is 0.240 e. The molecule has 2 aliphatic rings. The number of hydrogen-bond donors (Lipinski definition) is 0. The van der Waals surface area contributed by atoms with Crippen molar-refractivity contribution in [2.24, 2.45) is 0 Å². The minimum Gasteiger partial charge on any atom is -0.369 e. The third kappa shape index (κ3) is 3.84. The van der Waals surface area contributed by atoms with Crippen molar-refractivity contribution in [3.05, 3.63) is 36.2 Å². The molecule has 0 atom stereocenters. The van der Waals surface area contributed by atoms with E-state index in [4.69, 9.17) is 4.52 Å². The van der Waals surface area contributed by atoms with Crippen molar-refractivity contribution in [1.82, 2.24) is 25.0 Å². The Morgan fingerprint density at radius 1 is 0.967 bits per heavy atom. The second kappa shape index (κ2) is 8.18. The van der Waals surface area contributed by atoms with Crippen LogP contribution in [-0.2, 0) is 6.54 Å². The number of anilines is 2. The lowest BCUT2D eigenvalue weighted by atomic mass is 10.1. The molecule has 4 heterocycles. The number of nitrogens with zero attached hydrogens (tertiary/aromatic N) is 7. The van der Waals surface area contributed by atoms with E-state index in [1.165, 1.54) is 18.5 Å². The van der Waals surface area contributed by atoms with Gasteiger partial charge in [-0.25, -0.2) is 9.97 Å². The van der Waals surface area contributed by atoms with Gasteiger partial charge in [0.25, 0.3) is 0 Å².